The van der Waals surface area contributed by atoms with E-state index in [9.17, 15) is 9.18 Å². The number of hydrogen-bond donors (Lipinski definition) is 1. The van der Waals surface area contributed by atoms with Crippen molar-refractivity contribution in [3.63, 3.8) is 0 Å². The number of carbonyl (C=O) groups is 1. The fourth-order valence-corrected chi connectivity index (χ4v) is 1.82. The Kier molecular flexibility index (Phi) is 7.71. The lowest BCUT2D eigenvalue weighted by Crippen LogP contribution is -2.43. The second-order valence-corrected chi connectivity index (χ2v) is 4.81. The van der Waals surface area contributed by atoms with Gasteiger partial charge in [-0.05, 0) is 25.0 Å². The third kappa shape index (κ3) is 6.55. The van der Waals surface area contributed by atoms with Crippen molar-refractivity contribution in [3.05, 3.63) is 30.1 Å². The van der Waals surface area contributed by atoms with E-state index in [1.54, 1.807) is 26.3 Å². The number of amides is 1. The molecule has 1 aromatic rings. The monoisotopic (exact) mass is 298 g/mol. The van der Waals surface area contributed by atoms with E-state index in [2.05, 4.69) is 0 Å². The van der Waals surface area contributed by atoms with E-state index < -0.39 is 6.04 Å². The fraction of sp³-hybridized carbons (Fsp3) is 0.533. The zero-order valence-corrected chi connectivity index (χ0v) is 12.5. The summed E-state index contributed by atoms with van der Waals surface area (Å²) in [6.45, 7) is 1.27. The van der Waals surface area contributed by atoms with E-state index >= 15 is 0 Å². The Morgan fingerprint density at radius 2 is 2.19 bits per heavy atom. The maximum absolute atomic E-state index is 13.0. The Morgan fingerprint density at radius 1 is 1.43 bits per heavy atom. The molecule has 0 aliphatic carbocycles. The van der Waals surface area contributed by atoms with Crippen molar-refractivity contribution >= 4 is 5.91 Å². The highest BCUT2D eigenvalue weighted by Gasteiger charge is 2.17. The second-order valence-electron chi connectivity index (χ2n) is 4.81. The van der Waals surface area contributed by atoms with Gasteiger partial charge in [0.1, 0.15) is 18.2 Å². The van der Waals surface area contributed by atoms with Crippen LogP contribution in [-0.2, 0) is 9.53 Å². The third-order valence-corrected chi connectivity index (χ3v) is 3.05. The van der Waals surface area contributed by atoms with Crippen molar-refractivity contribution in [1.82, 2.24) is 4.90 Å². The molecule has 0 spiro atoms. The average molecular weight is 298 g/mol. The molecule has 5 nitrogen and oxygen atoms in total. The molecule has 1 unspecified atom stereocenters. The largest absolute Gasteiger partial charge is 0.492 e. The summed E-state index contributed by atoms with van der Waals surface area (Å²) in [6.07, 6.45) is 1.33. The van der Waals surface area contributed by atoms with Crippen LogP contribution < -0.4 is 10.5 Å². The highest BCUT2D eigenvalue weighted by Crippen LogP contribution is 2.11. The van der Waals surface area contributed by atoms with Gasteiger partial charge in [0.15, 0.2) is 0 Å². The van der Waals surface area contributed by atoms with Crippen LogP contribution in [0.2, 0.25) is 0 Å². The normalized spacial score (nSPS) is 12.0. The van der Waals surface area contributed by atoms with E-state index in [1.807, 2.05) is 0 Å². The number of rotatable bonds is 9. The Morgan fingerprint density at radius 3 is 2.86 bits per heavy atom. The Hall–Kier alpha value is -1.66. The van der Waals surface area contributed by atoms with Crippen molar-refractivity contribution < 1.29 is 18.7 Å². The summed E-state index contributed by atoms with van der Waals surface area (Å²) < 4.78 is 23.3. The van der Waals surface area contributed by atoms with Crippen LogP contribution in [0, 0.1) is 5.82 Å². The lowest BCUT2D eigenvalue weighted by molar-refractivity contribution is -0.131. The molecule has 1 atom stereocenters. The number of nitrogens with two attached hydrogens (primary N) is 1. The minimum absolute atomic E-state index is 0.131. The maximum atomic E-state index is 13.0. The van der Waals surface area contributed by atoms with Gasteiger partial charge >= 0.3 is 0 Å². The standard InChI is InChI=1S/C15H23FN2O3/c1-18(15(19)14(17)7-4-9-20-2)8-10-21-13-6-3-5-12(16)11-13/h3,5-6,11,14H,4,7-10,17H2,1-2H3. The van der Waals surface area contributed by atoms with Crippen molar-refractivity contribution in [3.8, 4) is 5.75 Å². The predicted molar refractivity (Wildman–Crippen MR) is 78.6 cm³/mol. The first kappa shape index (κ1) is 17.4. The zero-order chi connectivity index (χ0) is 15.7. The van der Waals surface area contributed by atoms with Gasteiger partial charge in [0.25, 0.3) is 0 Å². The third-order valence-electron chi connectivity index (χ3n) is 3.05. The summed E-state index contributed by atoms with van der Waals surface area (Å²) in [7, 11) is 3.29. The number of benzene rings is 1. The van der Waals surface area contributed by atoms with Crippen LogP contribution in [0.15, 0.2) is 24.3 Å². The average Bonchev–Trinajstić information content (AvgIpc) is 2.46. The summed E-state index contributed by atoms with van der Waals surface area (Å²) in [5, 5.41) is 0. The number of ether oxygens (including phenoxy) is 2. The van der Waals surface area contributed by atoms with Crippen LogP contribution in [0.25, 0.3) is 0 Å². The first-order chi connectivity index (χ1) is 10.0. The minimum atomic E-state index is -0.528. The van der Waals surface area contributed by atoms with Gasteiger partial charge in [0.2, 0.25) is 5.91 Å². The molecule has 0 aliphatic rings. The summed E-state index contributed by atoms with van der Waals surface area (Å²) in [4.78, 5) is 13.5. The zero-order valence-electron chi connectivity index (χ0n) is 12.5. The number of hydrogen-bond acceptors (Lipinski definition) is 4. The molecule has 0 saturated carbocycles. The molecule has 21 heavy (non-hydrogen) atoms. The van der Waals surface area contributed by atoms with Gasteiger partial charge in [0.05, 0.1) is 12.6 Å². The second kappa shape index (κ2) is 9.31. The molecule has 0 saturated heterocycles. The van der Waals surface area contributed by atoms with E-state index in [-0.39, 0.29) is 18.3 Å². The first-order valence-electron chi connectivity index (χ1n) is 6.92. The number of nitrogens with zero attached hydrogens (tertiary/aromatic N) is 1. The molecule has 1 aromatic carbocycles. The molecule has 0 aromatic heterocycles. The molecule has 0 aliphatic heterocycles. The quantitative estimate of drug-likeness (QED) is 0.700. The minimum Gasteiger partial charge on any atom is -0.492 e. The number of halogens is 1. The van der Waals surface area contributed by atoms with Gasteiger partial charge < -0.3 is 20.1 Å². The topological polar surface area (TPSA) is 64.8 Å². The Balaban J connectivity index is 2.29. The summed E-state index contributed by atoms with van der Waals surface area (Å²) in [5.41, 5.74) is 5.82. The SMILES string of the molecule is COCCCC(N)C(=O)N(C)CCOc1cccc(F)c1. The lowest BCUT2D eigenvalue weighted by atomic mass is 10.1. The van der Waals surface area contributed by atoms with Crippen molar-refractivity contribution in [2.24, 2.45) is 5.73 Å². The lowest BCUT2D eigenvalue weighted by Gasteiger charge is -2.21. The molecule has 1 rings (SSSR count). The number of likely N-dealkylation sites (N-methyl/N-ethyl adjacent to an activating group) is 1. The Bertz CT molecular complexity index is 443. The molecule has 6 heteroatoms. The highest BCUT2D eigenvalue weighted by atomic mass is 19.1. The molecule has 0 heterocycles. The smallest absolute Gasteiger partial charge is 0.239 e. The Labute approximate surface area is 124 Å². The van der Waals surface area contributed by atoms with Gasteiger partial charge in [0, 0.05) is 26.8 Å². The first-order valence-corrected chi connectivity index (χ1v) is 6.92. The van der Waals surface area contributed by atoms with Crippen LogP contribution in [0.5, 0.6) is 5.75 Å². The molecular weight excluding hydrogens is 275 g/mol. The summed E-state index contributed by atoms with van der Waals surface area (Å²) >= 11 is 0. The van der Waals surface area contributed by atoms with Gasteiger partial charge in [-0.1, -0.05) is 6.07 Å². The van der Waals surface area contributed by atoms with Gasteiger partial charge in [-0.2, -0.15) is 0 Å². The highest BCUT2D eigenvalue weighted by molar-refractivity contribution is 5.81. The van der Waals surface area contributed by atoms with Gasteiger partial charge in [-0.15, -0.1) is 0 Å². The van der Waals surface area contributed by atoms with Crippen LogP contribution in [0.1, 0.15) is 12.8 Å². The van der Waals surface area contributed by atoms with Crippen LogP contribution in [0.4, 0.5) is 4.39 Å². The molecular formula is C15H23FN2O3. The van der Waals surface area contributed by atoms with Crippen LogP contribution in [-0.4, -0.2) is 50.8 Å². The number of methoxy groups -OCH3 is 1. The van der Waals surface area contributed by atoms with Crippen LogP contribution >= 0.6 is 0 Å². The summed E-state index contributed by atoms with van der Waals surface area (Å²) in [6, 6.07) is 5.37. The van der Waals surface area contributed by atoms with Crippen molar-refractivity contribution in [2.75, 3.05) is 33.9 Å². The van der Waals surface area contributed by atoms with Crippen molar-refractivity contribution in [2.45, 2.75) is 18.9 Å². The fourth-order valence-electron chi connectivity index (χ4n) is 1.82. The predicted octanol–water partition coefficient (Wildman–Crippen LogP) is 1.42. The van der Waals surface area contributed by atoms with Crippen molar-refractivity contribution in [1.29, 1.82) is 0 Å². The molecule has 118 valence electrons. The van der Waals surface area contributed by atoms with E-state index in [0.717, 1.165) is 6.42 Å². The van der Waals surface area contributed by atoms with Gasteiger partial charge in [-0.3, -0.25) is 4.79 Å². The van der Waals surface area contributed by atoms with E-state index in [0.29, 0.717) is 25.3 Å². The van der Waals surface area contributed by atoms with E-state index in [4.69, 9.17) is 15.2 Å². The molecule has 0 fully saturated rings. The maximum Gasteiger partial charge on any atom is 0.239 e. The molecule has 0 radical (unpaired) electrons. The molecule has 2 N–H and O–H groups in total. The molecule has 0 bridgehead atoms. The van der Waals surface area contributed by atoms with Gasteiger partial charge in [-0.25, -0.2) is 4.39 Å². The number of carbonyl (C=O) groups excluding carboxylic acids is 1. The summed E-state index contributed by atoms with van der Waals surface area (Å²) in [5.74, 6) is -0.0358. The van der Waals surface area contributed by atoms with Crippen LogP contribution in [0.3, 0.4) is 0 Å². The molecule has 1 amide bonds. The van der Waals surface area contributed by atoms with E-state index in [1.165, 1.54) is 17.0 Å².